The van der Waals surface area contributed by atoms with Crippen molar-refractivity contribution in [2.24, 2.45) is 0 Å². The van der Waals surface area contributed by atoms with Gasteiger partial charge in [-0.05, 0) is 25.2 Å². The lowest BCUT2D eigenvalue weighted by Crippen LogP contribution is -2.25. The molecule has 0 fully saturated rings. The van der Waals surface area contributed by atoms with Crippen LogP contribution in [0.1, 0.15) is 85.5 Å². The van der Waals surface area contributed by atoms with Crippen LogP contribution in [0.5, 0.6) is 0 Å². The molecule has 1 unspecified atom stereocenters. The number of esters is 1. The van der Waals surface area contributed by atoms with E-state index in [1.807, 2.05) is 20.8 Å². The first-order valence-electron chi connectivity index (χ1n) is 9.30. The number of unbranched alkanes of at least 4 members (excludes halogenated alkanes) is 7. The molecule has 0 amide bonds. The quantitative estimate of drug-likeness (QED) is 0.227. The first-order chi connectivity index (χ1) is 10.6. The molecule has 0 N–H and O–H groups in total. The predicted molar refractivity (Wildman–Crippen MR) is 96.3 cm³/mol. The Bertz CT molecular complexity index is 320. The van der Waals surface area contributed by atoms with Gasteiger partial charge in [-0.25, -0.2) is 0 Å². The van der Waals surface area contributed by atoms with Gasteiger partial charge in [-0.3, -0.25) is 4.79 Å². The molecule has 3 nitrogen and oxygen atoms in total. The first-order valence-corrected chi connectivity index (χ1v) is 11.4. The van der Waals surface area contributed by atoms with Crippen LogP contribution < -0.4 is 0 Å². The summed E-state index contributed by atoms with van der Waals surface area (Å²) in [5, 5.41) is 0. The second-order valence-electron chi connectivity index (χ2n) is 6.15. The molecule has 0 heterocycles. The third kappa shape index (κ3) is 8.36. The summed E-state index contributed by atoms with van der Waals surface area (Å²) in [6.45, 7) is 8.48. The molecule has 4 heteroatoms. The Balaban J connectivity index is 3.86. The predicted octanol–water partition coefficient (Wildman–Crippen LogP) is 5.85. The van der Waals surface area contributed by atoms with E-state index in [4.69, 9.17) is 4.74 Å². The first kappa shape index (κ1) is 21.7. The number of carbonyl (C=O) groups is 1. The van der Waals surface area contributed by atoms with E-state index < -0.39 is 12.8 Å². The lowest BCUT2D eigenvalue weighted by atomic mass is 10.1. The maximum Gasteiger partial charge on any atom is 0.316 e. The van der Waals surface area contributed by atoms with Crippen LogP contribution in [0.2, 0.25) is 0 Å². The van der Waals surface area contributed by atoms with E-state index in [1.165, 1.54) is 38.5 Å². The lowest BCUT2D eigenvalue weighted by molar-refractivity contribution is -0.143. The Labute approximate surface area is 138 Å². The Kier molecular flexibility index (Phi) is 13.0. The summed E-state index contributed by atoms with van der Waals surface area (Å²) in [7, 11) is -2.40. The standard InChI is InChI=1S/C18H37O3P/c1-5-9-10-11-12-13-14-15-16-21-18(19)17(6-2)22(20,7-3)8-4/h17H,5-16H2,1-4H3. The molecule has 0 radical (unpaired) electrons. The van der Waals surface area contributed by atoms with Crippen LogP contribution in [0.3, 0.4) is 0 Å². The number of carbonyl (C=O) groups excluding carboxylic acids is 1. The Morgan fingerprint density at radius 1 is 0.864 bits per heavy atom. The van der Waals surface area contributed by atoms with E-state index in [-0.39, 0.29) is 5.97 Å². The van der Waals surface area contributed by atoms with Crippen LogP contribution >= 0.6 is 7.14 Å². The summed E-state index contributed by atoms with van der Waals surface area (Å²) in [5.74, 6) is -0.238. The van der Waals surface area contributed by atoms with Gasteiger partial charge in [0.25, 0.3) is 0 Å². The van der Waals surface area contributed by atoms with Crippen molar-refractivity contribution >= 4 is 13.1 Å². The van der Waals surface area contributed by atoms with Crippen molar-refractivity contribution in [3.63, 3.8) is 0 Å². The zero-order chi connectivity index (χ0) is 16.8. The van der Waals surface area contributed by atoms with Gasteiger partial charge in [-0.1, -0.05) is 72.6 Å². The Morgan fingerprint density at radius 2 is 1.36 bits per heavy atom. The topological polar surface area (TPSA) is 43.4 Å². The molecule has 1 atom stereocenters. The maximum atomic E-state index is 12.7. The monoisotopic (exact) mass is 332 g/mol. The van der Waals surface area contributed by atoms with Gasteiger partial charge in [0.05, 0.1) is 6.61 Å². The highest BCUT2D eigenvalue weighted by atomic mass is 31.2. The summed E-state index contributed by atoms with van der Waals surface area (Å²) in [4.78, 5) is 12.2. The molecule has 0 saturated carbocycles. The van der Waals surface area contributed by atoms with Crippen molar-refractivity contribution in [3.05, 3.63) is 0 Å². The van der Waals surface area contributed by atoms with E-state index in [1.54, 1.807) is 0 Å². The molecule has 0 aromatic rings. The fourth-order valence-electron chi connectivity index (χ4n) is 2.86. The van der Waals surface area contributed by atoms with Gasteiger partial charge < -0.3 is 9.30 Å². The molecule has 132 valence electrons. The van der Waals surface area contributed by atoms with Gasteiger partial charge in [0.1, 0.15) is 12.8 Å². The smallest absolute Gasteiger partial charge is 0.316 e. The Hall–Kier alpha value is -0.300. The minimum absolute atomic E-state index is 0.238. The van der Waals surface area contributed by atoms with E-state index in [0.29, 0.717) is 25.4 Å². The summed E-state index contributed by atoms with van der Waals surface area (Å²) in [6.07, 6.45) is 11.6. The molecule has 0 aromatic carbocycles. The van der Waals surface area contributed by atoms with Gasteiger partial charge >= 0.3 is 5.97 Å². The van der Waals surface area contributed by atoms with Crippen LogP contribution in [-0.4, -0.2) is 30.6 Å². The van der Waals surface area contributed by atoms with Crippen LogP contribution in [-0.2, 0) is 14.1 Å². The number of rotatable bonds is 14. The van der Waals surface area contributed by atoms with Crippen molar-refractivity contribution < 1.29 is 14.1 Å². The van der Waals surface area contributed by atoms with Crippen molar-refractivity contribution in [3.8, 4) is 0 Å². The van der Waals surface area contributed by atoms with Crippen molar-refractivity contribution in [1.82, 2.24) is 0 Å². The number of hydrogen-bond acceptors (Lipinski definition) is 3. The summed E-state index contributed by atoms with van der Waals surface area (Å²) < 4.78 is 18.1. The van der Waals surface area contributed by atoms with Crippen molar-refractivity contribution in [2.45, 2.75) is 91.1 Å². The van der Waals surface area contributed by atoms with E-state index in [9.17, 15) is 9.36 Å². The molecule has 0 aliphatic rings. The van der Waals surface area contributed by atoms with Gasteiger partial charge in [0.15, 0.2) is 0 Å². The zero-order valence-electron chi connectivity index (χ0n) is 15.2. The van der Waals surface area contributed by atoms with Gasteiger partial charge in [0.2, 0.25) is 0 Å². The fraction of sp³-hybridized carbons (Fsp3) is 0.944. The Morgan fingerprint density at radius 3 is 1.82 bits per heavy atom. The van der Waals surface area contributed by atoms with Crippen LogP contribution in [0.4, 0.5) is 0 Å². The molecular weight excluding hydrogens is 295 g/mol. The second-order valence-corrected chi connectivity index (χ2v) is 9.94. The minimum atomic E-state index is -2.40. The molecule has 0 aliphatic heterocycles. The minimum Gasteiger partial charge on any atom is -0.465 e. The third-order valence-corrected chi connectivity index (χ3v) is 8.39. The third-order valence-electron chi connectivity index (χ3n) is 4.54. The largest absolute Gasteiger partial charge is 0.465 e. The van der Waals surface area contributed by atoms with Crippen molar-refractivity contribution in [1.29, 1.82) is 0 Å². The van der Waals surface area contributed by atoms with E-state index in [0.717, 1.165) is 12.8 Å². The molecule has 0 rings (SSSR count). The molecule has 22 heavy (non-hydrogen) atoms. The normalized spacial score (nSPS) is 13.1. The zero-order valence-corrected chi connectivity index (χ0v) is 16.1. The van der Waals surface area contributed by atoms with Crippen molar-refractivity contribution in [2.75, 3.05) is 18.9 Å². The average Bonchev–Trinajstić information content (AvgIpc) is 2.53. The number of hydrogen-bond donors (Lipinski definition) is 0. The van der Waals surface area contributed by atoms with Gasteiger partial charge in [0, 0.05) is 0 Å². The summed E-state index contributed by atoms with van der Waals surface area (Å²) >= 11 is 0. The highest BCUT2D eigenvalue weighted by molar-refractivity contribution is 7.65. The van der Waals surface area contributed by atoms with Crippen LogP contribution in [0, 0.1) is 0 Å². The van der Waals surface area contributed by atoms with E-state index in [2.05, 4.69) is 6.92 Å². The fourth-order valence-corrected chi connectivity index (χ4v) is 5.31. The van der Waals surface area contributed by atoms with Gasteiger partial charge in [-0.2, -0.15) is 0 Å². The summed E-state index contributed by atoms with van der Waals surface area (Å²) in [5.41, 5.74) is -0.392. The molecule has 0 bridgehead atoms. The number of ether oxygens (including phenoxy) is 1. The molecule has 0 saturated heterocycles. The average molecular weight is 332 g/mol. The molecule has 0 aliphatic carbocycles. The highest BCUT2D eigenvalue weighted by Gasteiger charge is 2.35. The van der Waals surface area contributed by atoms with Crippen LogP contribution in [0.15, 0.2) is 0 Å². The van der Waals surface area contributed by atoms with Gasteiger partial charge in [-0.15, -0.1) is 0 Å². The molecule has 0 spiro atoms. The SMILES string of the molecule is CCCCCCCCCCOC(=O)C(CC)P(=O)(CC)CC. The molecule has 0 aromatic heterocycles. The molecular formula is C18H37O3P. The summed E-state index contributed by atoms with van der Waals surface area (Å²) in [6, 6.07) is 0. The highest BCUT2D eigenvalue weighted by Crippen LogP contribution is 2.51. The second kappa shape index (κ2) is 13.2. The lowest BCUT2D eigenvalue weighted by Gasteiger charge is -2.23. The van der Waals surface area contributed by atoms with E-state index >= 15 is 0 Å². The maximum absolute atomic E-state index is 12.7. The van der Waals surface area contributed by atoms with Crippen LogP contribution in [0.25, 0.3) is 0 Å².